The molecule has 0 unspecified atom stereocenters. The number of aldehydes is 1. The number of hydrogen-bond acceptors (Lipinski definition) is 4. The molecule has 84 valence electrons. The molecule has 1 aromatic rings. The highest BCUT2D eigenvalue weighted by atomic mass is 16.3. The van der Waals surface area contributed by atoms with Crippen molar-refractivity contribution in [1.82, 2.24) is 0 Å². The van der Waals surface area contributed by atoms with Gasteiger partial charge >= 0.3 is 0 Å². The highest BCUT2D eigenvalue weighted by molar-refractivity contribution is 6.10. The Balaban J connectivity index is 3.38. The lowest BCUT2D eigenvalue weighted by Crippen LogP contribution is -1.96. The van der Waals surface area contributed by atoms with Crippen LogP contribution < -0.4 is 5.73 Å². The van der Waals surface area contributed by atoms with Crippen LogP contribution in [0.3, 0.4) is 0 Å². The van der Waals surface area contributed by atoms with Crippen LogP contribution in [0.4, 0.5) is 0 Å². The first kappa shape index (κ1) is 12.0. The summed E-state index contributed by atoms with van der Waals surface area (Å²) >= 11 is 0. The van der Waals surface area contributed by atoms with E-state index in [4.69, 9.17) is 5.73 Å². The van der Waals surface area contributed by atoms with Crippen LogP contribution >= 0.6 is 0 Å². The van der Waals surface area contributed by atoms with Crippen molar-refractivity contribution in [3.63, 3.8) is 0 Å². The SMILES string of the molecule is CN=C/C(=C\N)c1cc(C=O)c(O)cc1C. The summed E-state index contributed by atoms with van der Waals surface area (Å²) in [5.74, 6) is -0.0268. The van der Waals surface area contributed by atoms with Gasteiger partial charge in [-0.05, 0) is 30.2 Å². The van der Waals surface area contributed by atoms with Gasteiger partial charge in [-0.25, -0.2) is 0 Å². The van der Waals surface area contributed by atoms with E-state index >= 15 is 0 Å². The lowest BCUT2D eigenvalue weighted by molar-refractivity contribution is 0.112. The minimum Gasteiger partial charge on any atom is -0.507 e. The van der Waals surface area contributed by atoms with Gasteiger partial charge in [0, 0.05) is 25.0 Å². The number of aromatic hydroxyl groups is 1. The second-order valence-corrected chi connectivity index (χ2v) is 3.35. The van der Waals surface area contributed by atoms with Crippen LogP contribution in [0.2, 0.25) is 0 Å². The first-order valence-corrected chi connectivity index (χ1v) is 4.77. The van der Waals surface area contributed by atoms with Gasteiger partial charge in [0.2, 0.25) is 0 Å². The number of nitrogens with two attached hydrogens (primary N) is 1. The number of aryl methyl sites for hydroxylation is 1. The molecular formula is C12H14N2O2. The molecule has 0 fully saturated rings. The number of allylic oxidation sites excluding steroid dienone is 1. The van der Waals surface area contributed by atoms with Crippen LogP contribution in [0, 0.1) is 6.92 Å². The number of aliphatic imine (C=N–C) groups is 1. The van der Waals surface area contributed by atoms with Gasteiger partial charge in [0.25, 0.3) is 0 Å². The van der Waals surface area contributed by atoms with E-state index in [0.29, 0.717) is 11.9 Å². The summed E-state index contributed by atoms with van der Waals surface area (Å²) in [6, 6.07) is 3.13. The highest BCUT2D eigenvalue weighted by Gasteiger charge is 2.08. The Labute approximate surface area is 94.1 Å². The van der Waals surface area contributed by atoms with E-state index in [1.807, 2.05) is 6.92 Å². The topological polar surface area (TPSA) is 75.7 Å². The summed E-state index contributed by atoms with van der Waals surface area (Å²) in [6.45, 7) is 1.83. The molecule has 0 heterocycles. The molecule has 0 aromatic heterocycles. The molecule has 0 saturated carbocycles. The summed E-state index contributed by atoms with van der Waals surface area (Å²) in [5.41, 5.74) is 8.05. The normalized spacial score (nSPS) is 12.0. The molecule has 16 heavy (non-hydrogen) atoms. The number of carbonyl (C=O) groups is 1. The Morgan fingerprint density at radius 1 is 1.50 bits per heavy atom. The predicted molar refractivity (Wildman–Crippen MR) is 64.8 cm³/mol. The lowest BCUT2D eigenvalue weighted by Gasteiger charge is -2.08. The maximum atomic E-state index is 10.7. The maximum Gasteiger partial charge on any atom is 0.153 e. The monoisotopic (exact) mass is 218 g/mol. The zero-order valence-corrected chi connectivity index (χ0v) is 9.27. The van der Waals surface area contributed by atoms with Gasteiger partial charge in [-0.15, -0.1) is 0 Å². The van der Waals surface area contributed by atoms with Crippen molar-refractivity contribution in [1.29, 1.82) is 0 Å². The first-order valence-electron chi connectivity index (χ1n) is 4.77. The highest BCUT2D eigenvalue weighted by Crippen LogP contribution is 2.24. The number of carbonyl (C=O) groups excluding carboxylic acids is 1. The summed E-state index contributed by atoms with van der Waals surface area (Å²) in [7, 11) is 1.64. The van der Waals surface area contributed by atoms with E-state index < -0.39 is 0 Å². The van der Waals surface area contributed by atoms with Crippen LogP contribution in [0.5, 0.6) is 5.75 Å². The quantitative estimate of drug-likeness (QED) is 0.596. The third-order valence-electron chi connectivity index (χ3n) is 2.26. The maximum absolute atomic E-state index is 10.7. The van der Waals surface area contributed by atoms with Crippen molar-refractivity contribution in [2.75, 3.05) is 7.05 Å². The second kappa shape index (κ2) is 5.11. The standard InChI is InChI=1S/C12H14N2O2/c1-8-3-12(16)9(7-15)4-11(8)10(5-13)6-14-2/h3-7,16H,13H2,1-2H3/b10-5+,14-6?. The number of nitrogens with zero attached hydrogens (tertiary/aromatic N) is 1. The van der Waals surface area contributed by atoms with E-state index in [1.54, 1.807) is 19.3 Å². The molecule has 0 spiro atoms. The van der Waals surface area contributed by atoms with Gasteiger partial charge in [0.1, 0.15) is 5.75 Å². The summed E-state index contributed by atoms with van der Waals surface area (Å²) in [5, 5.41) is 9.48. The average Bonchev–Trinajstić information content (AvgIpc) is 2.27. The van der Waals surface area contributed by atoms with Crippen LogP contribution in [0.25, 0.3) is 5.57 Å². The fourth-order valence-corrected chi connectivity index (χ4v) is 1.46. The number of benzene rings is 1. The Morgan fingerprint density at radius 2 is 2.19 bits per heavy atom. The molecule has 0 aliphatic heterocycles. The molecule has 0 bridgehead atoms. The fraction of sp³-hybridized carbons (Fsp3) is 0.167. The summed E-state index contributed by atoms with van der Waals surface area (Å²) < 4.78 is 0. The van der Waals surface area contributed by atoms with Crippen molar-refractivity contribution >= 4 is 18.1 Å². The van der Waals surface area contributed by atoms with Gasteiger partial charge in [-0.2, -0.15) is 0 Å². The average molecular weight is 218 g/mol. The van der Waals surface area contributed by atoms with Gasteiger partial charge in [0.15, 0.2) is 6.29 Å². The smallest absolute Gasteiger partial charge is 0.153 e. The third kappa shape index (κ3) is 2.28. The second-order valence-electron chi connectivity index (χ2n) is 3.35. The van der Waals surface area contributed by atoms with Crippen LogP contribution in [0.15, 0.2) is 23.3 Å². The van der Waals surface area contributed by atoms with Gasteiger partial charge in [0.05, 0.1) is 5.56 Å². The summed E-state index contributed by atoms with van der Waals surface area (Å²) in [6.07, 6.45) is 3.63. The van der Waals surface area contributed by atoms with Gasteiger partial charge in [-0.3, -0.25) is 9.79 Å². The van der Waals surface area contributed by atoms with E-state index in [9.17, 15) is 9.90 Å². The Kier molecular flexibility index (Phi) is 3.83. The molecule has 0 aliphatic carbocycles. The van der Waals surface area contributed by atoms with Crippen LogP contribution in [0.1, 0.15) is 21.5 Å². The molecule has 0 radical (unpaired) electrons. The Morgan fingerprint density at radius 3 is 2.69 bits per heavy atom. The van der Waals surface area contributed by atoms with Crippen molar-refractivity contribution < 1.29 is 9.90 Å². The van der Waals surface area contributed by atoms with Crippen molar-refractivity contribution in [2.24, 2.45) is 10.7 Å². The largest absolute Gasteiger partial charge is 0.507 e. The fourth-order valence-electron chi connectivity index (χ4n) is 1.46. The molecular weight excluding hydrogens is 204 g/mol. The van der Waals surface area contributed by atoms with Crippen molar-refractivity contribution in [3.05, 3.63) is 35.0 Å². The third-order valence-corrected chi connectivity index (χ3v) is 2.26. The van der Waals surface area contributed by atoms with Gasteiger partial charge < -0.3 is 10.8 Å². The lowest BCUT2D eigenvalue weighted by atomic mass is 9.99. The van der Waals surface area contributed by atoms with Gasteiger partial charge in [-0.1, -0.05) is 0 Å². The van der Waals surface area contributed by atoms with E-state index in [2.05, 4.69) is 4.99 Å². The Hall–Kier alpha value is -2.10. The van der Waals surface area contributed by atoms with E-state index in [0.717, 1.165) is 11.1 Å². The minimum absolute atomic E-state index is 0.0268. The molecule has 1 rings (SSSR count). The summed E-state index contributed by atoms with van der Waals surface area (Å²) in [4.78, 5) is 14.6. The Bertz CT molecular complexity index is 462. The minimum atomic E-state index is -0.0268. The zero-order valence-electron chi connectivity index (χ0n) is 9.27. The molecule has 3 N–H and O–H groups in total. The van der Waals surface area contributed by atoms with E-state index in [1.165, 1.54) is 12.3 Å². The number of phenols is 1. The molecule has 0 aliphatic rings. The molecule has 0 amide bonds. The molecule has 0 atom stereocenters. The number of hydrogen-bond donors (Lipinski definition) is 2. The molecule has 0 saturated heterocycles. The molecule has 4 heteroatoms. The van der Waals surface area contributed by atoms with Crippen LogP contribution in [-0.4, -0.2) is 24.7 Å². The molecule has 1 aromatic carbocycles. The van der Waals surface area contributed by atoms with Crippen molar-refractivity contribution in [2.45, 2.75) is 6.92 Å². The molecule has 4 nitrogen and oxygen atoms in total. The predicted octanol–water partition coefficient (Wildman–Crippen LogP) is 1.51. The van der Waals surface area contributed by atoms with Crippen molar-refractivity contribution in [3.8, 4) is 5.75 Å². The van der Waals surface area contributed by atoms with E-state index in [-0.39, 0.29) is 11.3 Å². The number of rotatable bonds is 3. The zero-order chi connectivity index (χ0) is 12.1. The van der Waals surface area contributed by atoms with Crippen LogP contribution in [-0.2, 0) is 0 Å². The first-order chi connectivity index (χ1) is 7.63. The number of phenolic OH excluding ortho intramolecular Hbond substituents is 1.